The predicted octanol–water partition coefficient (Wildman–Crippen LogP) is 2.85. The number of pyridine rings is 1. The summed E-state index contributed by atoms with van der Waals surface area (Å²) in [5, 5.41) is 2.26. The molecule has 2 aromatic heterocycles. The lowest BCUT2D eigenvalue weighted by atomic mass is 10.2. The van der Waals surface area contributed by atoms with E-state index in [0.717, 1.165) is 29.9 Å². The number of nitrogens with zero attached hydrogens (tertiary/aromatic N) is 4. The second-order valence-corrected chi connectivity index (χ2v) is 5.43. The minimum absolute atomic E-state index is 0.0978. The van der Waals surface area contributed by atoms with Crippen LogP contribution >= 0.6 is 11.6 Å². The van der Waals surface area contributed by atoms with Crippen molar-refractivity contribution in [2.75, 3.05) is 18.1 Å². The Labute approximate surface area is 112 Å². The molecule has 0 saturated carbocycles. The van der Waals surface area contributed by atoms with Crippen molar-refractivity contribution in [1.29, 1.82) is 0 Å². The van der Waals surface area contributed by atoms with Gasteiger partial charge in [0.1, 0.15) is 11.3 Å². The van der Waals surface area contributed by atoms with E-state index in [4.69, 9.17) is 11.6 Å². The average molecular weight is 265 g/mol. The summed E-state index contributed by atoms with van der Waals surface area (Å²) in [6, 6.07) is 2.01. The largest absolute Gasteiger partial charge is 0.311 e. The van der Waals surface area contributed by atoms with Gasteiger partial charge in [0.05, 0.1) is 17.1 Å². The number of piperidine rings is 1. The van der Waals surface area contributed by atoms with Gasteiger partial charge in [-0.2, -0.15) is 0 Å². The lowest BCUT2D eigenvalue weighted by molar-refractivity contribution is 0.475. The minimum Gasteiger partial charge on any atom is -0.311 e. The molecule has 96 valence electrons. The van der Waals surface area contributed by atoms with Gasteiger partial charge in [-0.25, -0.2) is 9.66 Å². The van der Waals surface area contributed by atoms with Crippen molar-refractivity contribution < 1.29 is 0 Å². The van der Waals surface area contributed by atoms with E-state index in [-0.39, 0.29) is 5.38 Å². The number of hydrogen-bond acceptors (Lipinski definition) is 3. The molecule has 0 amide bonds. The minimum atomic E-state index is -0.0978. The standard InChI is InChI=1S/C13H17ClN4/c1-10(14)13-16-11-9-15-6-5-12(11)18(13)17-7-3-2-4-8-17/h5-6,9-10H,2-4,7-8H2,1H3. The third kappa shape index (κ3) is 1.94. The molecule has 0 aliphatic carbocycles. The molecule has 1 fully saturated rings. The molecule has 4 nitrogen and oxygen atoms in total. The van der Waals surface area contributed by atoms with Gasteiger partial charge in [0.25, 0.3) is 0 Å². The van der Waals surface area contributed by atoms with Crippen LogP contribution in [0.25, 0.3) is 11.0 Å². The average Bonchev–Trinajstić information content (AvgIpc) is 2.79. The van der Waals surface area contributed by atoms with Gasteiger partial charge < -0.3 is 5.01 Å². The maximum absolute atomic E-state index is 6.27. The Kier molecular flexibility index (Phi) is 3.12. The highest BCUT2D eigenvalue weighted by molar-refractivity contribution is 6.20. The lowest BCUT2D eigenvalue weighted by Crippen LogP contribution is -2.40. The summed E-state index contributed by atoms with van der Waals surface area (Å²) in [4.78, 5) is 8.75. The van der Waals surface area contributed by atoms with Crippen LogP contribution in [0.5, 0.6) is 0 Å². The SMILES string of the molecule is CC(Cl)c1nc2cnccc2n1N1CCCCC1. The van der Waals surface area contributed by atoms with Crippen LogP contribution in [0, 0.1) is 0 Å². The smallest absolute Gasteiger partial charge is 0.146 e. The highest BCUT2D eigenvalue weighted by Gasteiger charge is 2.20. The van der Waals surface area contributed by atoms with Crippen LogP contribution in [0.2, 0.25) is 0 Å². The van der Waals surface area contributed by atoms with E-state index in [0.29, 0.717) is 0 Å². The van der Waals surface area contributed by atoms with Crippen molar-refractivity contribution in [2.24, 2.45) is 0 Å². The van der Waals surface area contributed by atoms with Crippen LogP contribution in [-0.4, -0.2) is 27.7 Å². The van der Waals surface area contributed by atoms with Gasteiger partial charge in [0, 0.05) is 19.3 Å². The molecule has 0 bridgehead atoms. The third-order valence-corrected chi connectivity index (χ3v) is 3.62. The number of alkyl halides is 1. The Balaban J connectivity index is 2.14. The van der Waals surface area contributed by atoms with Crippen LogP contribution in [0.4, 0.5) is 0 Å². The van der Waals surface area contributed by atoms with E-state index in [1.165, 1.54) is 19.3 Å². The van der Waals surface area contributed by atoms with Gasteiger partial charge in [-0.1, -0.05) is 0 Å². The van der Waals surface area contributed by atoms with Crippen LogP contribution in [0.15, 0.2) is 18.5 Å². The molecule has 0 radical (unpaired) electrons. The molecule has 1 atom stereocenters. The molecule has 1 unspecified atom stereocenters. The van der Waals surface area contributed by atoms with E-state index in [9.17, 15) is 0 Å². The molecule has 3 rings (SSSR count). The number of fused-ring (bicyclic) bond motifs is 1. The number of imidazole rings is 1. The maximum Gasteiger partial charge on any atom is 0.146 e. The summed E-state index contributed by atoms with van der Waals surface area (Å²) >= 11 is 6.27. The number of aromatic nitrogens is 3. The lowest BCUT2D eigenvalue weighted by Gasteiger charge is -2.31. The fourth-order valence-corrected chi connectivity index (χ4v) is 2.71. The third-order valence-electron chi connectivity index (χ3n) is 3.43. The summed E-state index contributed by atoms with van der Waals surface area (Å²) in [5.41, 5.74) is 2.03. The highest BCUT2D eigenvalue weighted by Crippen LogP contribution is 2.25. The van der Waals surface area contributed by atoms with E-state index in [1.807, 2.05) is 19.2 Å². The second kappa shape index (κ2) is 4.76. The Hall–Kier alpha value is -1.29. The number of hydrogen-bond donors (Lipinski definition) is 0. The summed E-state index contributed by atoms with van der Waals surface area (Å²) in [6.07, 6.45) is 7.41. The molecule has 1 aliphatic rings. The van der Waals surface area contributed by atoms with E-state index < -0.39 is 0 Å². The summed E-state index contributed by atoms with van der Waals surface area (Å²) in [6.45, 7) is 4.12. The van der Waals surface area contributed by atoms with E-state index >= 15 is 0 Å². The zero-order chi connectivity index (χ0) is 12.5. The van der Waals surface area contributed by atoms with Crippen molar-refractivity contribution in [3.05, 3.63) is 24.3 Å². The molecule has 0 aromatic carbocycles. The van der Waals surface area contributed by atoms with Crippen molar-refractivity contribution in [3.63, 3.8) is 0 Å². The van der Waals surface area contributed by atoms with Crippen LogP contribution in [0.1, 0.15) is 37.4 Å². The Morgan fingerprint density at radius 1 is 1.28 bits per heavy atom. The first-order valence-electron chi connectivity index (χ1n) is 6.49. The maximum atomic E-state index is 6.27. The van der Waals surface area contributed by atoms with Gasteiger partial charge in [0.2, 0.25) is 0 Å². The van der Waals surface area contributed by atoms with Crippen LogP contribution in [-0.2, 0) is 0 Å². The van der Waals surface area contributed by atoms with E-state index in [2.05, 4.69) is 19.7 Å². The number of rotatable bonds is 2. The second-order valence-electron chi connectivity index (χ2n) is 4.78. The fraction of sp³-hybridized carbons (Fsp3) is 0.538. The molecule has 5 heteroatoms. The molecule has 18 heavy (non-hydrogen) atoms. The predicted molar refractivity (Wildman–Crippen MR) is 73.6 cm³/mol. The monoisotopic (exact) mass is 264 g/mol. The van der Waals surface area contributed by atoms with Gasteiger partial charge in [-0.05, 0) is 32.3 Å². The van der Waals surface area contributed by atoms with Crippen molar-refractivity contribution in [3.8, 4) is 0 Å². The van der Waals surface area contributed by atoms with Gasteiger partial charge in [-0.3, -0.25) is 4.98 Å². The molecular formula is C13H17ClN4. The fourth-order valence-electron chi connectivity index (χ4n) is 2.57. The van der Waals surface area contributed by atoms with Gasteiger partial charge >= 0.3 is 0 Å². The molecular weight excluding hydrogens is 248 g/mol. The molecule has 0 spiro atoms. The Morgan fingerprint density at radius 3 is 2.78 bits per heavy atom. The molecule has 2 aromatic rings. The highest BCUT2D eigenvalue weighted by atomic mass is 35.5. The van der Waals surface area contributed by atoms with Gasteiger partial charge in [-0.15, -0.1) is 11.6 Å². The zero-order valence-corrected chi connectivity index (χ0v) is 11.3. The summed E-state index contributed by atoms with van der Waals surface area (Å²) in [5.74, 6) is 0.918. The first-order chi connectivity index (χ1) is 8.77. The normalized spacial score (nSPS) is 18.2. The van der Waals surface area contributed by atoms with Crippen molar-refractivity contribution in [2.45, 2.75) is 31.6 Å². The Morgan fingerprint density at radius 2 is 2.06 bits per heavy atom. The quantitative estimate of drug-likeness (QED) is 0.782. The topological polar surface area (TPSA) is 34.0 Å². The number of halogens is 1. The summed E-state index contributed by atoms with van der Waals surface area (Å²) < 4.78 is 2.19. The van der Waals surface area contributed by atoms with E-state index in [1.54, 1.807) is 6.20 Å². The van der Waals surface area contributed by atoms with Crippen molar-refractivity contribution >= 4 is 22.6 Å². The first-order valence-corrected chi connectivity index (χ1v) is 6.92. The summed E-state index contributed by atoms with van der Waals surface area (Å²) in [7, 11) is 0. The molecule has 3 heterocycles. The van der Waals surface area contributed by atoms with Gasteiger partial charge in [0.15, 0.2) is 0 Å². The van der Waals surface area contributed by atoms with Crippen molar-refractivity contribution in [1.82, 2.24) is 14.6 Å². The van der Waals surface area contributed by atoms with Crippen LogP contribution < -0.4 is 5.01 Å². The zero-order valence-electron chi connectivity index (χ0n) is 10.5. The molecule has 1 aliphatic heterocycles. The Bertz CT molecular complexity index is 543. The van der Waals surface area contributed by atoms with Crippen LogP contribution in [0.3, 0.4) is 0 Å². The molecule has 1 saturated heterocycles. The first kappa shape index (κ1) is 11.8. The molecule has 0 N–H and O–H groups in total.